The maximum atomic E-state index is 9.00. The number of nitriles is 1. The van der Waals surface area contributed by atoms with Gasteiger partial charge in [0.1, 0.15) is 5.76 Å². The number of nitrogens with zero attached hydrogens (tertiary/aromatic N) is 4. The first-order chi connectivity index (χ1) is 10.8. The molecule has 22 heavy (non-hydrogen) atoms. The Hall–Kier alpha value is -2.78. The first-order valence-corrected chi connectivity index (χ1v) is 7.54. The molecule has 0 aromatic carbocycles. The molecule has 0 aliphatic heterocycles. The van der Waals surface area contributed by atoms with Gasteiger partial charge in [-0.2, -0.15) is 5.26 Å². The molecule has 0 atom stereocenters. The molecule has 2 aromatic heterocycles. The quantitative estimate of drug-likeness (QED) is 0.799. The van der Waals surface area contributed by atoms with Crippen LogP contribution in [0.4, 0.5) is 5.13 Å². The number of thiazole rings is 1. The van der Waals surface area contributed by atoms with Gasteiger partial charge in [0.2, 0.25) is 11.0 Å². The van der Waals surface area contributed by atoms with Gasteiger partial charge in [0, 0.05) is 17.2 Å². The normalized spacial score (nSPS) is 13.8. The van der Waals surface area contributed by atoms with Crippen molar-refractivity contribution in [2.45, 2.75) is 12.8 Å². The van der Waals surface area contributed by atoms with Gasteiger partial charge in [0.15, 0.2) is 0 Å². The lowest BCUT2D eigenvalue weighted by atomic mass is 10.1. The van der Waals surface area contributed by atoms with Gasteiger partial charge in [-0.1, -0.05) is 0 Å². The number of hydrogen-bond acceptors (Lipinski definition) is 6. The summed E-state index contributed by atoms with van der Waals surface area (Å²) in [5, 5.41) is 11.5. The third kappa shape index (κ3) is 2.95. The van der Waals surface area contributed by atoms with Crippen molar-refractivity contribution in [1.29, 1.82) is 5.26 Å². The summed E-state index contributed by atoms with van der Waals surface area (Å²) in [6, 6.07) is 5.89. The van der Waals surface area contributed by atoms with E-state index in [1.165, 1.54) is 11.3 Å². The Morgan fingerprint density at radius 1 is 1.45 bits per heavy atom. The molecule has 6 heteroatoms. The van der Waals surface area contributed by atoms with Gasteiger partial charge in [-0.05, 0) is 43.8 Å². The number of allylic oxidation sites excluding steroid dienone is 3. The van der Waals surface area contributed by atoms with E-state index in [1.54, 1.807) is 12.3 Å². The van der Waals surface area contributed by atoms with Crippen molar-refractivity contribution in [2.75, 3.05) is 0 Å². The third-order valence-electron chi connectivity index (χ3n) is 3.11. The second-order valence-electron chi connectivity index (χ2n) is 4.56. The molecule has 0 saturated heterocycles. The van der Waals surface area contributed by atoms with Gasteiger partial charge < -0.3 is 4.74 Å². The Kier molecular flexibility index (Phi) is 4.08. The molecule has 0 radical (unpaired) electrons. The smallest absolute Gasteiger partial charge is 0.228 e. The maximum Gasteiger partial charge on any atom is 0.228 e. The molecular weight excluding hydrogens is 296 g/mol. The van der Waals surface area contributed by atoms with Gasteiger partial charge in [0.25, 0.3) is 0 Å². The number of aromatic nitrogens is 2. The molecule has 1 aliphatic carbocycles. The van der Waals surface area contributed by atoms with Crippen molar-refractivity contribution >= 4 is 23.2 Å². The van der Waals surface area contributed by atoms with E-state index in [0.29, 0.717) is 22.3 Å². The standard InChI is InChI=1S/C16H12N4OS/c1-18-16-20-14(10-22-16)13-6-3-7-19-15(13)21-12-5-2-4-11(8-12)9-17/h3,5-8,10H,1-2,4H2. The molecule has 0 fully saturated rings. The molecule has 0 bridgehead atoms. The van der Waals surface area contributed by atoms with E-state index in [2.05, 4.69) is 27.7 Å². The summed E-state index contributed by atoms with van der Waals surface area (Å²) in [5.74, 6) is 1.10. The van der Waals surface area contributed by atoms with Crippen molar-refractivity contribution in [2.24, 2.45) is 4.99 Å². The summed E-state index contributed by atoms with van der Waals surface area (Å²) >= 11 is 1.41. The monoisotopic (exact) mass is 308 g/mol. The van der Waals surface area contributed by atoms with Crippen LogP contribution in [0, 0.1) is 11.3 Å². The number of aliphatic imine (C=N–C) groups is 1. The van der Waals surface area contributed by atoms with Crippen LogP contribution in [0.15, 0.2) is 52.2 Å². The molecule has 0 N–H and O–H groups in total. The molecule has 0 amide bonds. The number of rotatable bonds is 4. The van der Waals surface area contributed by atoms with E-state index in [4.69, 9.17) is 10.00 Å². The Morgan fingerprint density at radius 3 is 3.14 bits per heavy atom. The summed E-state index contributed by atoms with van der Waals surface area (Å²) < 4.78 is 5.86. The lowest BCUT2D eigenvalue weighted by Crippen LogP contribution is -2.01. The van der Waals surface area contributed by atoms with Gasteiger partial charge in [-0.15, -0.1) is 11.3 Å². The zero-order chi connectivity index (χ0) is 15.4. The third-order valence-corrected chi connectivity index (χ3v) is 3.88. The van der Waals surface area contributed by atoms with E-state index in [1.807, 2.05) is 23.6 Å². The molecule has 1 aliphatic rings. The van der Waals surface area contributed by atoms with Crippen LogP contribution in [0.25, 0.3) is 11.3 Å². The minimum Gasteiger partial charge on any atom is -0.439 e. The average molecular weight is 308 g/mol. The fourth-order valence-corrected chi connectivity index (χ4v) is 2.69. The minimum absolute atomic E-state index is 0.463. The first-order valence-electron chi connectivity index (χ1n) is 6.66. The topological polar surface area (TPSA) is 71.2 Å². The summed E-state index contributed by atoms with van der Waals surface area (Å²) in [5.41, 5.74) is 2.24. The zero-order valence-electron chi connectivity index (χ0n) is 11.7. The van der Waals surface area contributed by atoms with Crippen LogP contribution in [0.2, 0.25) is 0 Å². The summed E-state index contributed by atoms with van der Waals surface area (Å²) in [6.45, 7) is 3.48. The lowest BCUT2D eigenvalue weighted by molar-refractivity contribution is 0.423. The van der Waals surface area contributed by atoms with Crippen LogP contribution in [0.1, 0.15) is 12.8 Å². The Bertz CT molecular complexity index is 814. The van der Waals surface area contributed by atoms with E-state index in [9.17, 15) is 0 Å². The predicted molar refractivity (Wildman–Crippen MR) is 86.2 cm³/mol. The molecule has 0 saturated carbocycles. The summed E-state index contributed by atoms with van der Waals surface area (Å²) in [7, 11) is 0. The largest absolute Gasteiger partial charge is 0.439 e. The van der Waals surface area contributed by atoms with Gasteiger partial charge in [0.05, 0.1) is 17.3 Å². The fraction of sp³-hybridized carbons (Fsp3) is 0.125. The van der Waals surface area contributed by atoms with E-state index >= 15 is 0 Å². The Labute approximate surface area is 132 Å². The summed E-state index contributed by atoms with van der Waals surface area (Å²) in [6.07, 6.45) is 6.91. The van der Waals surface area contributed by atoms with Crippen LogP contribution in [0.3, 0.4) is 0 Å². The minimum atomic E-state index is 0.463. The SMILES string of the molecule is C=Nc1nc(-c2cccnc2OC2=CCCC(C#N)=C2)cs1. The number of pyridine rings is 1. The van der Waals surface area contributed by atoms with E-state index in [0.717, 1.165) is 24.1 Å². The van der Waals surface area contributed by atoms with Gasteiger partial charge in [-0.25, -0.2) is 15.0 Å². The van der Waals surface area contributed by atoms with Gasteiger partial charge >= 0.3 is 0 Å². The van der Waals surface area contributed by atoms with Crippen molar-refractivity contribution in [3.63, 3.8) is 0 Å². The van der Waals surface area contributed by atoms with Crippen molar-refractivity contribution in [3.8, 4) is 23.2 Å². The second kappa shape index (κ2) is 6.33. The highest BCUT2D eigenvalue weighted by atomic mass is 32.1. The second-order valence-corrected chi connectivity index (χ2v) is 5.39. The van der Waals surface area contributed by atoms with E-state index < -0.39 is 0 Å². The molecule has 0 spiro atoms. The van der Waals surface area contributed by atoms with Crippen molar-refractivity contribution in [3.05, 3.63) is 47.2 Å². The number of hydrogen-bond donors (Lipinski definition) is 0. The van der Waals surface area contributed by atoms with E-state index in [-0.39, 0.29) is 0 Å². The summed E-state index contributed by atoms with van der Waals surface area (Å²) in [4.78, 5) is 12.5. The maximum absolute atomic E-state index is 9.00. The van der Waals surface area contributed by atoms with Crippen LogP contribution < -0.4 is 4.74 Å². The van der Waals surface area contributed by atoms with Gasteiger partial charge in [-0.3, -0.25) is 0 Å². The molecule has 5 nitrogen and oxygen atoms in total. The molecular formula is C16H12N4OS. The highest BCUT2D eigenvalue weighted by Gasteiger charge is 2.14. The zero-order valence-corrected chi connectivity index (χ0v) is 12.5. The first kappa shape index (κ1) is 14.2. The molecule has 2 heterocycles. The molecule has 2 aromatic rings. The van der Waals surface area contributed by atoms with Crippen LogP contribution >= 0.6 is 11.3 Å². The highest BCUT2D eigenvalue weighted by Crippen LogP contribution is 2.33. The highest BCUT2D eigenvalue weighted by molar-refractivity contribution is 7.13. The molecule has 3 rings (SSSR count). The fourth-order valence-electron chi connectivity index (χ4n) is 2.07. The van der Waals surface area contributed by atoms with Crippen LogP contribution in [0.5, 0.6) is 5.88 Å². The van der Waals surface area contributed by atoms with Crippen molar-refractivity contribution in [1.82, 2.24) is 9.97 Å². The Morgan fingerprint density at radius 2 is 2.36 bits per heavy atom. The molecule has 108 valence electrons. The van der Waals surface area contributed by atoms with Crippen LogP contribution in [-0.4, -0.2) is 16.7 Å². The average Bonchev–Trinajstić information content (AvgIpc) is 3.04. The lowest BCUT2D eigenvalue weighted by Gasteiger charge is -2.12. The van der Waals surface area contributed by atoms with Crippen molar-refractivity contribution < 1.29 is 4.74 Å². The number of ether oxygens (including phenoxy) is 1. The van der Waals surface area contributed by atoms with Crippen LogP contribution in [-0.2, 0) is 0 Å². The Balaban J connectivity index is 1.92. The predicted octanol–water partition coefficient (Wildman–Crippen LogP) is 4.04. The molecule has 0 unspecified atom stereocenters.